The zero-order valence-corrected chi connectivity index (χ0v) is 4.05. The fraction of sp³-hybridized carbons (Fsp3) is 1.00. The van der Waals surface area contributed by atoms with Crippen molar-refractivity contribution in [2.75, 3.05) is 6.93 Å². The number of halogens is 2. The van der Waals surface area contributed by atoms with E-state index in [0.29, 0.717) is 0 Å². The van der Waals surface area contributed by atoms with Crippen LogP contribution in [0.1, 0.15) is 0 Å². The summed E-state index contributed by atoms with van der Waals surface area (Å²) in [5.74, 6) is 0. The lowest BCUT2D eigenvalue weighted by atomic mass is 11.7. The second-order valence-corrected chi connectivity index (χ2v) is 0.417. The molecule has 0 aromatic heterocycles. The van der Waals surface area contributed by atoms with Crippen molar-refractivity contribution >= 4 is 8.69 Å². The maximum Gasteiger partial charge on any atom is 0.229 e. The van der Waals surface area contributed by atoms with Gasteiger partial charge in [0.25, 0.3) is 0 Å². The lowest BCUT2D eigenvalue weighted by Gasteiger charge is -1.42. The maximum atomic E-state index is 9.62. The highest BCUT2D eigenvalue weighted by molar-refractivity contribution is 7.16. The molecule has 0 aliphatic heterocycles. The Morgan fingerprint density at radius 1 is 1.67 bits per heavy atom. The predicted molar refractivity (Wildman–Crippen MR) is 19.7 cm³/mol. The van der Waals surface area contributed by atoms with Crippen LogP contribution in [-0.2, 0) is 4.57 Å². The van der Waals surface area contributed by atoms with E-state index in [1.165, 1.54) is 0 Å². The van der Waals surface area contributed by atoms with E-state index >= 15 is 0 Å². The van der Waals surface area contributed by atoms with Gasteiger partial charge in [0.05, 0.1) is 0 Å². The fourth-order valence-electron chi connectivity index (χ4n) is 0. The molecule has 2 nitrogen and oxygen atoms in total. The molecule has 0 heterocycles. The van der Waals surface area contributed by atoms with Crippen LogP contribution in [0.3, 0.4) is 0 Å². The van der Waals surface area contributed by atoms with Crippen LogP contribution >= 0.6 is 8.69 Å². The molecule has 0 aliphatic carbocycles. The van der Waals surface area contributed by atoms with Crippen LogP contribution in [0.15, 0.2) is 0 Å². The second-order valence-electron chi connectivity index (χ2n) is 0.206. The normalized spacial score (nSPS) is 7.83. The van der Waals surface area contributed by atoms with Crippen molar-refractivity contribution in [3.05, 3.63) is 0 Å². The minimum Gasteiger partial charge on any atom is -0.348 e. The molecule has 0 bridgehead atoms. The third-order valence-electron chi connectivity index (χ3n) is 0. The van der Waals surface area contributed by atoms with Crippen LogP contribution in [0.2, 0.25) is 0 Å². The van der Waals surface area contributed by atoms with Gasteiger partial charge in [0.15, 0.2) is 8.69 Å². The van der Waals surface area contributed by atoms with Crippen LogP contribution in [-0.4, -0.2) is 11.8 Å². The average Bonchev–Trinajstić information content (AvgIpc) is 1.39. The Morgan fingerprint density at radius 2 is 1.67 bits per heavy atom. The number of alkyl halides is 2. The van der Waals surface area contributed by atoms with Gasteiger partial charge >= 0.3 is 0 Å². The summed E-state index contributed by atoms with van der Waals surface area (Å²) in [6.07, 6.45) is 0. The van der Waals surface area contributed by atoms with Gasteiger partial charge < -0.3 is 4.89 Å². The zero-order valence-electron chi connectivity index (χ0n) is 2.90. The van der Waals surface area contributed by atoms with Crippen molar-refractivity contribution in [3.8, 4) is 0 Å². The minimum absolute atomic E-state index is 1.50. The molecule has 0 amide bonds. The predicted octanol–water partition coefficient (Wildman–Crippen LogP) is 0.533. The van der Waals surface area contributed by atoms with E-state index < -0.39 is 15.6 Å². The van der Waals surface area contributed by atoms with Gasteiger partial charge in [-0.2, -0.15) is 0 Å². The summed E-state index contributed by atoms with van der Waals surface area (Å²) in [5, 5.41) is 0. The molecule has 0 spiro atoms. The molecule has 1 atom stereocenters. The lowest BCUT2D eigenvalue weighted by Crippen LogP contribution is -1.34. The zero-order chi connectivity index (χ0) is 5.41. The molecule has 0 aliphatic rings. The molecule has 6 heavy (non-hydrogen) atoms. The maximum absolute atomic E-state index is 9.62. The fourth-order valence-corrected chi connectivity index (χ4v) is 0. The largest absolute Gasteiger partial charge is 0.348 e. The van der Waals surface area contributed by atoms with E-state index in [-0.39, 0.29) is 0 Å². The average molecular weight is 118 g/mol. The Bertz CT molecular complexity index is 25.5. The summed E-state index contributed by atoms with van der Waals surface area (Å²) in [6, 6.07) is 0. The van der Waals surface area contributed by atoms with E-state index in [1.807, 2.05) is 0 Å². The van der Waals surface area contributed by atoms with Gasteiger partial charge in [-0.1, -0.05) is 0 Å². The molecule has 0 rings (SSSR count). The SMILES string of the molecule is FCF.O=[PH2]O. The third kappa shape index (κ3) is 15100. The Hall–Kier alpha value is 0.0500. The molecule has 1 unspecified atom stereocenters. The first-order valence-corrected chi connectivity index (χ1v) is 2.02. The number of hydrogen-bond donors (Lipinski definition) is 1. The monoisotopic (exact) mass is 118 g/mol. The topological polar surface area (TPSA) is 37.3 Å². The van der Waals surface area contributed by atoms with Gasteiger partial charge in [0.2, 0.25) is 6.93 Å². The Balaban J connectivity index is 0. The molecule has 0 radical (unpaired) electrons. The van der Waals surface area contributed by atoms with Crippen molar-refractivity contribution in [2.24, 2.45) is 0 Å². The van der Waals surface area contributed by atoms with Crippen molar-refractivity contribution in [1.82, 2.24) is 0 Å². The summed E-state index contributed by atoms with van der Waals surface area (Å²) in [4.78, 5) is 7.10. The van der Waals surface area contributed by atoms with Crippen molar-refractivity contribution < 1.29 is 18.2 Å². The van der Waals surface area contributed by atoms with E-state index in [2.05, 4.69) is 0 Å². The quantitative estimate of drug-likeness (QED) is 0.471. The first-order valence-electron chi connectivity index (χ1n) is 1.03. The molecule has 0 aromatic carbocycles. The molecule has 0 saturated carbocycles. The highest BCUT2D eigenvalue weighted by Gasteiger charge is 1.44. The molecular formula is CH5F2O2P. The summed E-state index contributed by atoms with van der Waals surface area (Å²) in [5.41, 5.74) is 0. The van der Waals surface area contributed by atoms with E-state index in [9.17, 15) is 8.78 Å². The summed E-state index contributed by atoms with van der Waals surface area (Å²) in [6.45, 7) is -1.75. The van der Waals surface area contributed by atoms with Crippen molar-refractivity contribution in [2.45, 2.75) is 0 Å². The third-order valence-corrected chi connectivity index (χ3v) is 0. The summed E-state index contributed by atoms with van der Waals surface area (Å²) < 4.78 is 27.8. The molecule has 5 heteroatoms. The van der Waals surface area contributed by atoms with Gasteiger partial charge in [-0.15, -0.1) is 0 Å². The van der Waals surface area contributed by atoms with Crippen LogP contribution in [0.5, 0.6) is 0 Å². The Morgan fingerprint density at radius 3 is 1.67 bits per heavy atom. The summed E-state index contributed by atoms with van der Waals surface area (Å²) >= 11 is 0. The Labute approximate surface area is 35.1 Å². The number of hydrogen-bond acceptors (Lipinski definition) is 1. The van der Waals surface area contributed by atoms with Crippen LogP contribution in [0.4, 0.5) is 8.78 Å². The smallest absolute Gasteiger partial charge is 0.229 e. The van der Waals surface area contributed by atoms with Gasteiger partial charge in [-0.3, -0.25) is 4.57 Å². The molecule has 0 aromatic rings. The van der Waals surface area contributed by atoms with Gasteiger partial charge in [-0.25, -0.2) is 8.78 Å². The molecular weight excluding hydrogens is 113 g/mol. The van der Waals surface area contributed by atoms with Crippen LogP contribution in [0.25, 0.3) is 0 Å². The molecule has 0 saturated heterocycles. The first-order chi connectivity index (χ1) is 2.83. The van der Waals surface area contributed by atoms with Crippen LogP contribution < -0.4 is 0 Å². The molecule has 0 fully saturated rings. The second kappa shape index (κ2) is 19.7. The van der Waals surface area contributed by atoms with Gasteiger partial charge in [-0.05, 0) is 0 Å². The standard InChI is InChI=1S/CH2F2.H3O2P/c2-1-3;1-3-2/h1H2;3H2,(H,1,2). The number of rotatable bonds is 0. The van der Waals surface area contributed by atoms with Gasteiger partial charge in [0, 0.05) is 0 Å². The molecule has 1 N–H and O–H groups in total. The van der Waals surface area contributed by atoms with Crippen molar-refractivity contribution in [3.63, 3.8) is 0 Å². The van der Waals surface area contributed by atoms with Crippen molar-refractivity contribution in [1.29, 1.82) is 0 Å². The van der Waals surface area contributed by atoms with E-state index in [1.54, 1.807) is 0 Å². The Kier molecular flexibility index (Phi) is 30.9. The highest BCUT2D eigenvalue weighted by Crippen LogP contribution is 1.66. The van der Waals surface area contributed by atoms with E-state index in [4.69, 9.17) is 9.46 Å². The highest BCUT2D eigenvalue weighted by atomic mass is 31.1. The first kappa shape index (κ1) is 9.41. The minimum atomic E-state index is -1.75. The van der Waals surface area contributed by atoms with E-state index in [0.717, 1.165) is 0 Å². The lowest BCUT2D eigenvalue weighted by molar-refractivity contribution is 0.295. The summed E-state index contributed by atoms with van der Waals surface area (Å²) in [7, 11) is -1.50. The molecule has 40 valence electrons. The van der Waals surface area contributed by atoms with Crippen LogP contribution in [0, 0.1) is 0 Å². The van der Waals surface area contributed by atoms with Gasteiger partial charge in [0.1, 0.15) is 0 Å².